The fraction of sp³-hybridized carbons (Fsp3) is 0.0833. The molecule has 0 bridgehead atoms. The Morgan fingerprint density at radius 3 is 2.53 bits per heavy atom. The van der Waals surface area contributed by atoms with Gasteiger partial charge in [-0.15, -0.1) is 22.9 Å². The van der Waals surface area contributed by atoms with Crippen LogP contribution in [0.15, 0.2) is 40.6 Å². The van der Waals surface area contributed by atoms with Crippen LogP contribution in [0.25, 0.3) is 0 Å². The van der Waals surface area contributed by atoms with Crippen molar-refractivity contribution in [3.63, 3.8) is 0 Å². The Kier molecular flexibility index (Phi) is 4.10. The van der Waals surface area contributed by atoms with E-state index >= 15 is 0 Å². The van der Waals surface area contributed by atoms with Crippen LogP contribution < -0.4 is 4.72 Å². The Morgan fingerprint density at radius 1 is 1.26 bits per heavy atom. The maximum absolute atomic E-state index is 12.1. The van der Waals surface area contributed by atoms with Gasteiger partial charge in [-0.3, -0.25) is 4.72 Å². The fourth-order valence-electron chi connectivity index (χ4n) is 1.42. The van der Waals surface area contributed by atoms with Gasteiger partial charge < -0.3 is 0 Å². The van der Waals surface area contributed by atoms with E-state index in [2.05, 4.69) is 4.72 Å². The van der Waals surface area contributed by atoms with Gasteiger partial charge in [-0.05, 0) is 29.1 Å². The topological polar surface area (TPSA) is 70.0 Å². The number of benzene rings is 1. The molecule has 0 saturated carbocycles. The van der Waals surface area contributed by atoms with Gasteiger partial charge in [-0.1, -0.05) is 12.1 Å². The van der Waals surface area contributed by atoms with Crippen molar-refractivity contribution in [2.45, 2.75) is 10.8 Å². The molecule has 19 heavy (non-hydrogen) atoms. The largest absolute Gasteiger partial charge is 0.269 e. The van der Waals surface area contributed by atoms with Crippen LogP contribution in [0.3, 0.4) is 0 Å². The molecule has 4 nitrogen and oxygen atoms in total. The number of nitrogens with zero attached hydrogens (tertiary/aromatic N) is 1. The summed E-state index contributed by atoms with van der Waals surface area (Å²) in [4.78, 5) is 0.138. The monoisotopic (exact) mass is 312 g/mol. The summed E-state index contributed by atoms with van der Waals surface area (Å²) in [5, 5.41) is 10.8. The van der Waals surface area contributed by atoms with E-state index in [9.17, 15) is 8.42 Å². The number of rotatable bonds is 4. The first-order valence-electron chi connectivity index (χ1n) is 5.22. The number of halogens is 1. The number of anilines is 1. The van der Waals surface area contributed by atoms with Gasteiger partial charge >= 0.3 is 0 Å². The molecule has 0 radical (unpaired) electrons. The average Bonchev–Trinajstić information content (AvgIpc) is 2.85. The molecular weight excluding hydrogens is 304 g/mol. The highest BCUT2D eigenvalue weighted by Crippen LogP contribution is 2.25. The zero-order chi connectivity index (χ0) is 13.9. The second-order valence-corrected chi connectivity index (χ2v) is 6.52. The van der Waals surface area contributed by atoms with Crippen LogP contribution in [-0.2, 0) is 15.9 Å². The molecule has 2 rings (SSSR count). The van der Waals surface area contributed by atoms with Gasteiger partial charge in [-0.2, -0.15) is 5.26 Å². The predicted molar refractivity (Wildman–Crippen MR) is 75.8 cm³/mol. The second-order valence-electron chi connectivity index (χ2n) is 3.66. The van der Waals surface area contributed by atoms with Crippen molar-refractivity contribution in [1.82, 2.24) is 0 Å². The van der Waals surface area contributed by atoms with Crippen molar-refractivity contribution in [2.24, 2.45) is 0 Å². The molecule has 0 atom stereocenters. The zero-order valence-corrected chi connectivity index (χ0v) is 12.0. The standard InChI is InChI=1S/C12H9ClN2O2S2/c13-7-9-1-3-11(4-2-9)19(16,17)15-12-10(8-14)5-6-18-12/h1-6,15H,7H2. The first-order valence-corrected chi connectivity index (χ1v) is 8.12. The van der Waals surface area contributed by atoms with Crippen LogP contribution in [-0.4, -0.2) is 8.42 Å². The van der Waals surface area contributed by atoms with Crippen LogP contribution in [0.1, 0.15) is 11.1 Å². The van der Waals surface area contributed by atoms with E-state index in [1.54, 1.807) is 23.6 Å². The third kappa shape index (κ3) is 3.07. The number of alkyl halides is 1. The molecule has 1 aromatic heterocycles. The maximum atomic E-state index is 12.1. The fourth-order valence-corrected chi connectivity index (χ4v) is 3.66. The van der Waals surface area contributed by atoms with Gasteiger partial charge in [0.1, 0.15) is 11.1 Å². The van der Waals surface area contributed by atoms with E-state index in [4.69, 9.17) is 16.9 Å². The molecule has 0 aliphatic rings. The molecule has 0 saturated heterocycles. The SMILES string of the molecule is N#Cc1ccsc1NS(=O)(=O)c1ccc(CCl)cc1. The Bertz CT molecular complexity index is 715. The lowest BCUT2D eigenvalue weighted by atomic mass is 10.2. The van der Waals surface area contributed by atoms with Crippen molar-refractivity contribution in [1.29, 1.82) is 5.26 Å². The predicted octanol–water partition coefficient (Wildman–Crippen LogP) is 3.16. The minimum absolute atomic E-state index is 0.138. The Hall–Kier alpha value is -1.55. The summed E-state index contributed by atoms with van der Waals surface area (Å²) < 4.78 is 26.6. The number of thiophene rings is 1. The molecule has 1 aromatic carbocycles. The average molecular weight is 313 g/mol. The summed E-state index contributed by atoms with van der Waals surface area (Å²) in [7, 11) is -3.67. The van der Waals surface area contributed by atoms with Gasteiger partial charge in [-0.25, -0.2) is 8.42 Å². The summed E-state index contributed by atoms with van der Waals surface area (Å²) in [6.07, 6.45) is 0. The van der Waals surface area contributed by atoms with Crippen molar-refractivity contribution in [2.75, 3.05) is 4.72 Å². The molecular formula is C12H9ClN2O2S2. The van der Waals surface area contributed by atoms with Gasteiger partial charge in [0.05, 0.1) is 10.5 Å². The molecule has 1 N–H and O–H groups in total. The first-order chi connectivity index (χ1) is 9.06. The number of nitriles is 1. The van der Waals surface area contributed by atoms with E-state index < -0.39 is 10.0 Å². The van der Waals surface area contributed by atoms with E-state index in [0.29, 0.717) is 16.4 Å². The highest BCUT2D eigenvalue weighted by atomic mass is 35.5. The summed E-state index contributed by atoms with van der Waals surface area (Å²) in [6.45, 7) is 0. The smallest absolute Gasteiger partial charge is 0.262 e. The Morgan fingerprint density at radius 2 is 1.95 bits per heavy atom. The van der Waals surface area contributed by atoms with Gasteiger partial charge in [0.25, 0.3) is 10.0 Å². The summed E-state index contributed by atoms with van der Waals surface area (Å²) in [5.74, 6) is 0.331. The maximum Gasteiger partial charge on any atom is 0.262 e. The minimum Gasteiger partial charge on any atom is -0.269 e. The van der Waals surface area contributed by atoms with E-state index in [1.807, 2.05) is 6.07 Å². The molecule has 0 unspecified atom stereocenters. The van der Waals surface area contributed by atoms with Gasteiger partial charge in [0.15, 0.2) is 0 Å². The van der Waals surface area contributed by atoms with Crippen LogP contribution >= 0.6 is 22.9 Å². The number of nitrogens with one attached hydrogen (secondary N) is 1. The number of sulfonamides is 1. The van der Waals surface area contributed by atoms with Crippen LogP contribution in [0, 0.1) is 11.3 Å². The molecule has 0 aliphatic heterocycles. The van der Waals surface area contributed by atoms with Crippen LogP contribution in [0.2, 0.25) is 0 Å². The summed E-state index contributed by atoms with van der Waals surface area (Å²) >= 11 is 6.82. The minimum atomic E-state index is -3.67. The highest BCUT2D eigenvalue weighted by molar-refractivity contribution is 7.93. The van der Waals surface area contributed by atoms with Crippen molar-refractivity contribution in [3.05, 3.63) is 46.8 Å². The number of hydrogen-bond acceptors (Lipinski definition) is 4. The highest BCUT2D eigenvalue weighted by Gasteiger charge is 2.16. The third-order valence-electron chi connectivity index (χ3n) is 2.40. The lowest BCUT2D eigenvalue weighted by Crippen LogP contribution is -2.12. The molecule has 1 heterocycles. The van der Waals surface area contributed by atoms with Crippen LogP contribution in [0.4, 0.5) is 5.00 Å². The molecule has 7 heteroatoms. The van der Waals surface area contributed by atoms with E-state index in [0.717, 1.165) is 5.56 Å². The quantitative estimate of drug-likeness (QED) is 0.882. The van der Waals surface area contributed by atoms with Crippen LogP contribution in [0.5, 0.6) is 0 Å². The molecule has 2 aromatic rings. The van der Waals surface area contributed by atoms with Gasteiger partial charge in [0.2, 0.25) is 0 Å². The molecule has 98 valence electrons. The molecule has 0 amide bonds. The Balaban J connectivity index is 2.30. The van der Waals surface area contributed by atoms with E-state index in [-0.39, 0.29) is 4.90 Å². The second kappa shape index (κ2) is 5.61. The zero-order valence-electron chi connectivity index (χ0n) is 9.63. The van der Waals surface area contributed by atoms with Crippen molar-refractivity contribution >= 4 is 38.0 Å². The van der Waals surface area contributed by atoms with Crippen molar-refractivity contribution in [3.8, 4) is 6.07 Å². The van der Waals surface area contributed by atoms with Crippen molar-refractivity contribution < 1.29 is 8.42 Å². The van der Waals surface area contributed by atoms with Gasteiger partial charge in [0, 0.05) is 5.88 Å². The van der Waals surface area contributed by atoms with E-state index in [1.165, 1.54) is 23.5 Å². The lowest BCUT2D eigenvalue weighted by Gasteiger charge is -2.07. The summed E-state index contributed by atoms with van der Waals surface area (Å²) in [6, 6.07) is 9.78. The summed E-state index contributed by atoms with van der Waals surface area (Å²) in [5.41, 5.74) is 1.15. The Labute approximate surface area is 120 Å². The number of hydrogen-bond donors (Lipinski definition) is 1. The molecule has 0 aliphatic carbocycles. The molecule has 0 fully saturated rings. The molecule has 0 spiro atoms. The lowest BCUT2D eigenvalue weighted by molar-refractivity contribution is 0.601. The third-order valence-corrected chi connectivity index (χ3v) is 5.03. The first kappa shape index (κ1) is 13.9. The normalized spacial score (nSPS) is 10.9.